The first-order valence-corrected chi connectivity index (χ1v) is 12.8. The fourth-order valence-electron chi connectivity index (χ4n) is 4.24. The highest BCUT2D eigenvalue weighted by atomic mass is 16.5. The summed E-state index contributed by atoms with van der Waals surface area (Å²) in [4.78, 5) is 26.4. The molecule has 0 atom stereocenters. The number of nitrogens with one attached hydrogen (secondary N) is 3. The molecule has 0 aliphatic carbocycles. The lowest BCUT2D eigenvalue weighted by Crippen LogP contribution is -2.16. The smallest absolute Gasteiger partial charge is 0.273 e. The molecular formula is C30H30N8O3. The molecule has 0 radical (unpaired) electrons. The van der Waals surface area contributed by atoms with Crippen LogP contribution in [-0.4, -0.2) is 44.9 Å². The molecule has 11 heteroatoms. The topological polar surface area (TPSA) is 128 Å². The average molecular weight is 551 g/mol. The second-order valence-corrected chi connectivity index (χ2v) is 9.29. The van der Waals surface area contributed by atoms with Crippen LogP contribution in [0.5, 0.6) is 11.5 Å². The molecule has 5 aromatic rings. The fourth-order valence-corrected chi connectivity index (χ4v) is 4.24. The first-order valence-electron chi connectivity index (χ1n) is 12.8. The summed E-state index contributed by atoms with van der Waals surface area (Å²) in [6, 6.07) is 20.2. The molecule has 3 heterocycles. The van der Waals surface area contributed by atoms with Crippen molar-refractivity contribution in [3.05, 3.63) is 90.0 Å². The number of hydrogen-bond donors (Lipinski definition) is 3. The maximum atomic E-state index is 13.1. The number of aromatic nitrogens is 5. The molecule has 0 fully saturated rings. The number of carbonyl (C=O) groups excluding carboxylic acids is 1. The second kappa shape index (κ2) is 11.7. The van der Waals surface area contributed by atoms with Gasteiger partial charge in [0.05, 0.1) is 19.9 Å². The van der Waals surface area contributed by atoms with E-state index >= 15 is 0 Å². The number of aryl methyl sites for hydroxylation is 3. The molecule has 0 aliphatic rings. The zero-order chi connectivity index (χ0) is 28.9. The van der Waals surface area contributed by atoms with Crippen LogP contribution in [0.25, 0.3) is 11.3 Å². The number of pyridine rings is 1. The summed E-state index contributed by atoms with van der Waals surface area (Å²) >= 11 is 0. The van der Waals surface area contributed by atoms with Crippen molar-refractivity contribution in [3.63, 3.8) is 0 Å². The van der Waals surface area contributed by atoms with E-state index in [0.29, 0.717) is 51.9 Å². The minimum atomic E-state index is -0.291. The number of hydrogen-bond acceptors (Lipinski definition) is 9. The summed E-state index contributed by atoms with van der Waals surface area (Å²) in [5.74, 6) is 3.57. The summed E-state index contributed by atoms with van der Waals surface area (Å²) in [6.07, 6.45) is 1.75. The molecule has 208 valence electrons. The lowest BCUT2D eigenvalue weighted by molar-refractivity contribution is 0.101. The molecule has 0 bridgehead atoms. The van der Waals surface area contributed by atoms with Gasteiger partial charge in [0.25, 0.3) is 5.91 Å². The highest BCUT2D eigenvalue weighted by Gasteiger charge is 2.18. The van der Waals surface area contributed by atoms with Gasteiger partial charge in [-0.25, -0.2) is 15.0 Å². The van der Waals surface area contributed by atoms with E-state index < -0.39 is 0 Å². The Bertz CT molecular complexity index is 1700. The molecule has 5 rings (SSSR count). The molecule has 0 aliphatic heterocycles. The third-order valence-corrected chi connectivity index (χ3v) is 6.22. The van der Waals surface area contributed by atoms with Crippen molar-refractivity contribution in [2.45, 2.75) is 13.8 Å². The van der Waals surface area contributed by atoms with E-state index in [9.17, 15) is 4.79 Å². The van der Waals surface area contributed by atoms with E-state index in [0.717, 1.165) is 16.8 Å². The van der Waals surface area contributed by atoms with Gasteiger partial charge in [-0.05, 0) is 80.1 Å². The van der Waals surface area contributed by atoms with Gasteiger partial charge in [0, 0.05) is 36.2 Å². The molecule has 3 N–H and O–H groups in total. The van der Waals surface area contributed by atoms with Gasteiger partial charge in [0.2, 0.25) is 0 Å². The predicted molar refractivity (Wildman–Crippen MR) is 158 cm³/mol. The summed E-state index contributed by atoms with van der Waals surface area (Å²) < 4.78 is 12.4. The Morgan fingerprint density at radius 3 is 2.24 bits per heavy atom. The molecule has 0 saturated carbocycles. The zero-order valence-electron chi connectivity index (χ0n) is 23.4. The number of ether oxygens (including phenoxy) is 2. The minimum absolute atomic E-state index is 0.291. The van der Waals surface area contributed by atoms with Crippen LogP contribution in [0.15, 0.2) is 72.9 Å². The number of anilines is 5. The van der Waals surface area contributed by atoms with Crippen molar-refractivity contribution in [3.8, 4) is 22.8 Å². The molecule has 11 nitrogen and oxygen atoms in total. The van der Waals surface area contributed by atoms with Crippen molar-refractivity contribution in [2.24, 2.45) is 7.05 Å². The Morgan fingerprint density at radius 2 is 1.54 bits per heavy atom. The molecule has 1 amide bonds. The molecule has 0 spiro atoms. The lowest BCUT2D eigenvalue weighted by Gasteiger charge is -2.11. The normalized spacial score (nSPS) is 10.7. The van der Waals surface area contributed by atoms with E-state index in [1.54, 1.807) is 39.6 Å². The van der Waals surface area contributed by atoms with Crippen LogP contribution in [0.2, 0.25) is 0 Å². The van der Waals surface area contributed by atoms with Gasteiger partial charge >= 0.3 is 0 Å². The summed E-state index contributed by atoms with van der Waals surface area (Å²) in [5.41, 5.74) is 4.25. The monoisotopic (exact) mass is 550 g/mol. The molecule has 3 aromatic heterocycles. The molecular weight excluding hydrogens is 520 g/mol. The van der Waals surface area contributed by atoms with Gasteiger partial charge in [0.15, 0.2) is 0 Å². The maximum absolute atomic E-state index is 13.1. The SMILES string of the molecule is COc1ccc(OC)c(-c2cc(C(=O)Nc3ccc(Nc4cc(Nc5cc(C)ccn5)nc(C)n4)cc3)n(C)n2)c1. The van der Waals surface area contributed by atoms with E-state index in [-0.39, 0.29) is 5.91 Å². The van der Waals surface area contributed by atoms with Gasteiger partial charge in [-0.15, -0.1) is 0 Å². The maximum Gasteiger partial charge on any atom is 0.273 e. The standard InChI is InChI=1S/C30H30N8O3/c1-18-12-13-31-27(14-18)36-29-17-28(32-19(2)33-29)34-20-6-8-21(9-7-20)35-30(39)25-16-24(37-38(25)3)23-15-22(40-4)10-11-26(23)41-5/h6-17H,1-5H3,(H,35,39)(H2,31,32,33,34,36). The van der Waals surface area contributed by atoms with Crippen molar-refractivity contribution in [2.75, 3.05) is 30.2 Å². The van der Waals surface area contributed by atoms with Gasteiger partial charge in [0.1, 0.15) is 40.5 Å². The van der Waals surface area contributed by atoms with Crippen molar-refractivity contribution >= 4 is 34.7 Å². The van der Waals surface area contributed by atoms with Crippen molar-refractivity contribution < 1.29 is 14.3 Å². The third kappa shape index (κ3) is 6.41. The Kier molecular flexibility index (Phi) is 7.77. The Hall–Kier alpha value is -5.45. The predicted octanol–water partition coefficient (Wildman–Crippen LogP) is 5.65. The summed E-state index contributed by atoms with van der Waals surface area (Å²) in [5, 5.41) is 14.0. The van der Waals surface area contributed by atoms with Crippen molar-refractivity contribution in [1.82, 2.24) is 24.7 Å². The molecule has 2 aromatic carbocycles. The zero-order valence-corrected chi connectivity index (χ0v) is 23.4. The number of benzene rings is 2. The van der Waals surface area contributed by atoms with Gasteiger partial charge in [-0.1, -0.05) is 0 Å². The molecule has 0 unspecified atom stereocenters. The Labute approximate surface area is 237 Å². The second-order valence-electron chi connectivity index (χ2n) is 9.29. The summed E-state index contributed by atoms with van der Waals surface area (Å²) in [7, 11) is 4.90. The first kappa shape index (κ1) is 27.1. The number of carbonyl (C=O) groups is 1. The third-order valence-electron chi connectivity index (χ3n) is 6.22. The lowest BCUT2D eigenvalue weighted by atomic mass is 10.1. The van der Waals surface area contributed by atoms with Crippen LogP contribution in [0.1, 0.15) is 21.9 Å². The number of amides is 1. The van der Waals surface area contributed by atoms with Crippen LogP contribution in [0.3, 0.4) is 0 Å². The Morgan fingerprint density at radius 1 is 0.805 bits per heavy atom. The highest BCUT2D eigenvalue weighted by molar-refractivity contribution is 6.03. The van der Waals surface area contributed by atoms with E-state index in [1.165, 1.54) is 4.68 Å². The van der Waals surface area contributed by atoms with Crippen LogP contribution >= 0.6 is 0 Å². The van der Waals surface area contributed by atoms with Crippen LogP contribution in [-0.2, 0) is 7.05 Å². The number of methoxy groups -OCH3 is 2. The first-order chi connectivity index (χ1) is 19.8. The molecule has 41 heavy (non-hydrogen) atoms. The van der Waals surface area contributed by atoms with Gasteiger partial charge < -0.3 is 25.4 Å². The largest absolute Gasteiger partial charge is 0.497 e. The van der Waals surface area contributed by atoms with Crippen LogP contribution < -0.4 is 25.4 Å². The highest BCUT2D eigenvalue weighted by Crippen LogP contribution is 2.33. The summed E-state index contributed by atoms with van der Waals surface area (Å²) in [6.45, 7) is 3.83. The quantitative estimate of drug-likeness (QED) is 0.213. The van der Waals surface area contributed by atoms with E-state index in [4.69, 9.17) is 9.47 Å². The fraction of sp³-hybridized carbons (Fsp3) is 0.167. The molecule has 0 saturated heterocycles. The van der Waals surface area contributed by atoms with E-state index in [2.05, 4.69) is 36.0 Å². The Balaban J connectivity index is 1.27. The van der Waals surface area contributed by atoms with Crippen molar-refractivity contribution in [1.29, 1.82) is 0 Å². The van der Waals surface area contributed by atoms with Gasteiger partial charge in [-0.3, -0.25) is 9.48 Å². The van der Waals surface area contributed by atoms with Crippen LogP contribution in [0.4, 0.5) is 28.8 Å². The number of nitrogens with zero attached hydrogens (tertiary/aromatic N) is 5. The van der Waals surface area contributed by atoms with Crippen LogP contribution in [0, 0.1) is 13.8 Å². The minimum Gasteiger partial charge on any atom is -0.497 e. The van der Waals surface area contributed by atoms with E-state index in [1.807, 2.05) is 68.4 Å². The average Bonchev–Trinajstić information content (AvgIpc) is 3.35. The number of rotatable bonds is 9. The van der Waals surface area contributed by atoms with Gasteiger partial charge in [-0.2, -0.15) is 5.10 Å².